The van der Waals surface area contributed by atoms with Crippen LogP contribution in [0.2, 0.25) is 0 Å². The molecule has 1 heterocycles. The van der Waals surface area contributed by atoms with Crippen LogP contribution in [-0.2, 0) is 9.53 Å². The highest BCUT2D eigenvalue weighted by atomic mass is 16.5. The van der Waals surface area contributed by atoms with Crippen LogP contribution in [0, 0.1) is 0 Å². The van der Waals surface area contributed by atoms with Gasteiger partial charge >= 0.3 is 6.03 Å². The molecule has 0 spiro atoms. The summed E-state index contributed by atoms with van der Waals surface area (Å²) in [6.45, 7) is 5.03. The van der Waals surface area contributed by atoms with Gasteiger partial charge in [0, 0.05) is 12.6 Å². The molecule has 8 nitrogen and oxygen atoms in total. The lowest BCUT2D eigenvalue weighted by molar-refractivity contribution is -0.125. The van der Waals surface area contributed by atoms with Crippen LogP contribution in [0.25, 0.3) is 0 Å². The topological polar surface area (TPSA) is 103 Å². The van der Waals surface area contributed by atoms with E-state index in [1.54, 1.807) is 12.2 Å². The van der Waals surface area contributed by atoms with Gasteiger partial charge in [-0.05, 0) is 40.9 Å². The molecule has 3 amide bonds. The lowest BCUT2D eigenvalue weighted by atomic mass is 10.0. The van der Waals surface area contributed by atoms with Crippen molar-refractivity contribution in [1.29, 1.82) is 0 Å². The third-order valence-corrected chi connectivity index (χ3v) is 3.67. The van der Waals surface area contributed by atoms with E-state index >= 15 is 0 Å². The standard InChI is InChI=1S/C17H32N4O4/c1-12(2)19-17(24)20-14-7-6-13(25-15(14)11-22)10-16(23)18-8-5-9-21(3)4/h6-7,12-15,22H,5,8-11H2,1-4H3,(H,18,23)(H2,19,20,24)/t13-,14-,15-/m1/s1. The number of aliphatic hydroxyl groups excluding tert-OH is 1. The summed E-state index contributed by atoms with van der Waals surface area (Å²) in [4.78, 5) is 25.8. The molecule has 0 fully saturated rings. The fourth-order valence-electron chi connectivity index (χ4n) is 2.47. The summed E-state index contributed by atoms with van der Waals surface area (Å²) in [6.07, 6.45) is 3.63. The molecule has 144 valence electrons. The van der Waals surface area contributed by atoms with Crippen LogP contribution >= 0.6 is 0 Å². The summed E-state index contributed by atoms with van der Waals surface area (Å²) in [6, 6.07) is -0.725. The first kappa shape index (κ1) is 21.4. The lowest BCUT2D eigenvalue weighted by Gasteiger charge is -2.31. The Bertz CT molecular complexity index is 454. The third kappa shape index (κ3) is 8.85. The summed E-state index contributed by atoms with van der Waals surface area (Å²) in [5.74, 6) is -0.0888. The number of ether oxygens (including phenoxy) is 1. The zero-order valence-corrected chi connectivity index (χ0v) is 15.6. The number of aliphatic hydroxyl groups is 1. The maximum atomic E-state index is 12.0. The van der Waals surface area contributed by atoms with Crippen LogP contribution in [0.4, 0.5) is 4.79 Å². The highest BCUT2D eigenvalue weighted by Crippen LogP contribution is 2.15. The third-order valence-electron chi connectivity index (χ3n) is 3.67. The van der Waals surface area contributed by atoms with Crippen molar-refractivity contribution in [2.24, 2.45) is 0 Å². The van der Waals surface area contributed by atoms with Crippen molar-refractivity contribution in [3.05, 3.63) is 12.2 Å². The van der Waals surface area contributed by atoms with E-state index in [-0.39, 0.29) is 31.0 Å². The number of nitrogens with zero attached hydrogens (tertiary/aromatic N) is 1. The second-order valence-electron chi connectivity index (χ2n) is 6.79. The Balaban J connectivity index is 2.42. The molecule has 1 aliphatic heterocycles. The van der Waals surface area contributed by atoms with E-state index in [2.05, 4.69) is 20.9 Å². The Kier molecular flexibility index (Phi) is 9.48. The molecule has 0 radical (unpaired) electrons. The van der Waals surface area contributed by atoms with E-state index in [9.17, 15) is 14.7 Å². The Morgan fingerprint density at radius 3 is 2.60 bits per heavy atom. The Morgan fingerprint density at radius 1 is 1.28 bits per heavy atom. The number of carbonyl (C=O) groups excluding carboxylic acids is 2. The second-order valence-corrected chi connectivity index (χ2v) is 6.79. The predicted octanol–water partition coefficient (Wildman–Crippen LogP) is -0.163. The molecule has 1 rings (SSSR count). The number of carbonyl (C=O) groups is 2. The quantitative estimate of drug-likeness (QED) is 0.339. The fraction of sp³-hybridized carbons (Fsp3) is 0.765. The van der Waals surface area contributed by atoms with Crippen LogP contribution in [0.1, 0.15) is 26.7 Å². The SMILES string of the molecule is CC(C)NC(=O)N[C@@H]1C=C[C@H](CC(=O)NCCCN(C)C)O[C@@H]1CO. The molecule has 0 aliphatic carbocycles. The van der Waals surface area contributed by atoms with Crippen LogP contribution < -0.4 is 16.0 Å². The minimum atomic E-state index is -0.575. The minimum absolute atomic E-state index is 0.0185. The van der Waals surface area contributed by atoms with E-state index in [0.29, 0.717) is 6.54 Å². The molecule has 0 unspecified atom stereocenters. The van der Waals surface area contributed by atoms with Gasteiger partial charge in [-0.25, -0.2) is 4.79 Å². The van der Waals surface area contributed by atoms with Crippen LogP contribution in [0.15, 0.2) is 12.2 Å². The van der Waals surface area contributed by atoms with Gasteiger partial charge in [0.2, 0.25) is 5.91 Å². The number of nitrogens with one attached hydrogen (secondary N) is 3. The molecule has 1 aliphatic rings. The van der Waals surface area contributed by atoms with E-state index in [1.807, 2.05) is 27.9 Å². The average molecular weight is 356 g/mol. The second kappa shape index (κ2) is 11.1. The van der Waals surface area contributed by atoms with Crippen LogP contribution in [0.3, 0.4) is 0 Å². The van der Waals surface area contributed by atoms with Gasteiger partial charge in [-0.2, -0.15) is 0 Å². The van der Waals surface area contributed by atoms with Crippen molar-refractivity contribution in [2.75, 3.05) is 33.8 Å². The summed E-state index contributed by atoms with van der Waals surface area (Å²) in [7, 11) is 3.98. The molecule has 0 saturated carbocycles. The number of hydrogen-bond donors (Lipinski definition) is 4. The summed E-state index contributed by atoms with van der Waals surface area (Å²) < 4.78 is 5.72. The zero-order chi connectivity index (χ0) is 18.8. The lowest BCUT2D eigenvalue weighted by Crippen LogP contribution is -2.52. The first-order chi connectivity index (χ1) is 11.8. The Hall–Kier alpha value is -1.64. The van der Waals surface area contributed by atoms with Crippen molar-refractivity contribution in [3.63, 3.8) is 0 Å². The van der Waals surface area contributed by atoms with Gasteiger partial charge in [0.25, 0.3) is 0 Å². The molecular formula is C17H32N4O4. The fourth-order valence-corrected chi connectivity index (χ4v) is 2.47. The van der Waals surface area contributed by atoms with E-state index in [0.717, 1.165) is 13.0 Å². The van der Waals surface area contributed by atoms with Gasteiger partial charge in [-0.3, -0.25) is 4.79 Å². The van der Waals surface area contributed by atoms with E-state index < -0.39 is 18.2 Å². The van der Waals surface area contributed by atoms with Crippen LogP contribution in [-0.4, -0.2) is 80.0 Å². The largest absolute Gasteiger partial charge is 0.394 e. The number of hydrogen-bond acceptors (Lipinski definition) is 5. The molecule has 8 heteroatoms. The first-order valence-corrected chi connectivity index (χ1v) is 8.75. The van der Waals surface area contributed by atoms with Crippen molar-refractivity contribution >= 4 is 11.9 Å². The summed E-state index contributed by atoms with van der Waals surface area (Å²) in [5, 5.41) is 17.8. The molecule has 0 bridgehead atoms. The molecule has 3 atom stereocenters. The highest BCUT2D eigenvalue weighted by Gasteiger charge is 2.29. The van der Waals surface area contributed by atoms with Crippen molar-refractivity contribution in [1.82, 2.24) is 20.9 Å². The Morgan fingerprint density at radius 2 is 2.00 bits per heavy atom. The molecule has 25 heavy (non-hydrogen) atoms. The van der Waals surface area contributed by atoms with Gasteiger partial charge < -0.3 is 30.7 Å². The van der Waals surface area contributed by atoms with Gasteiger partial charge in [-0.15, -0.1) is 0 Å². The molecule has 4 N–H and O–H groups in total. The average Bonchev–Trinajstić information content (AvgIpc) is 2.52. The van der Waals surface area contributed by atoms with Crippen molar-refractivity contribution < 1.29 is 19.4 Å². The van der Waals surface area contributed by atoms with Gasteiger partial charge in [0.1, 0.15) is 6.10 Å². The van der Waals surface area contributed by atoms with Gasteiger partial charge in [0.15, 0.2) is 0 Å². The molecule has 0 aromatic carbocycles. The van der Waals surface area contributed by atoms with Gasteiger partial charge in [-0.1, -0.05) is 12.2 Å². The molecule has 0 aromatic heterocycles. The number of amides is 3. The van der Waals surface area contributed by atoms with E-state index in [4.69, 9.17) is 4.74 Å². The smallest absolute Gasteiger partial charge is 0.315 e. The molecule has 0 aromatic rings. The first-order valence-electron chi connectivity index (χ1n) is 8.75. The van der Waals surface area contributed by atoms with Crippen molar-refractivity contribution in [3.8, 4) is 0 Å². The molecule has 0 saturated heterocycles. The zero-order valence-electron chi connectivity index (χ0n) is 15.6. The van der Waals surface area contributed by atoms with E-state index in [1.165, 1.54) is 0 Å². The summed E-state index contributed by atoms with van der Waals surface area (Å²) >= 11 is 0. The normalized spacial score (nSPS) is 22.9. The monoisotopic (exact) mass is 356 g/mol. The maximum Gasteiger partial charge on any atom is 0.315 e. The number of urea groups is 1. The van der Waals surface area contributed by atoms with Crippen LogP contribution in [0.5, 0.6) is 0 Å². The predicted molar refractivity (Wildman–Crippen MR) is 96.3 cm³/mol. The van der Waals surface area contributed by atoms with Crippen molar-refractivity contribution in [2.45, 2.75) is 51.0 Å². The molecular weight excluding hydrogens is 324 g/mol. The summed E-state index contributed by atoms with van der Waals surface area (Å²) in [5.41, 5.74) is 0. The number of rotatable bonds is 9. The highest BCUT2D eigenvalue weighted by molar-refractivity contribution is 5.77. The Labute approximate surface area is 150 Å². The van der Waals surface area contributed by atoms with Gasteiger partial charge in [0.05, 0.1) is 25.2 Å². The maximum absolute atomic E-state index is 12.0. The minimum Gasteiger partial charge on any atom is -0.394 e.